The molecule has 0 aliphatic rings. The largest absolute Gasteiger partial charge is 0.352 e. The summed E-state index contributed by atoms with van der Waals surface area (Å²) in [4.78, 5) is 28.7. The van der Waals surface area contributed by atoms with Gasteiger partial charge in [0.05, 0.1) is 20.6 Å². The first-order chi connectivity index (χ1) is 19.0. The summed E-state index contributed by atoms with van der Waals surface area (Å²) in [5, 5.41) is 3.99. The van der Waals surface area contributed by atoms with Crippen LogP contribution in [-0.4, -0.2) is 43.8 Å². The number of halogens is 3. The van der Waals surface area contributed by atoms with Gasteiger partial charge in [0.25, 0.3) is 10.0 Å². The second kappa shape index (κ2) is 14.2. The summed E-state index contributed by atoms with van der Waals surface area (Å²) in [5.74, 6) is -0.879. The maximum Gasteiger partial charge on any atom is 0.264 e. The molecule has 2 amide bonds. The van der Waals surface area contributed by atoms with Gasteiger partial charge in [-0.05, 0) is 73.9 Å². The number of nitrogens with zero attached hydrogens (tertiary/aromatic N) is 2. The van der Waals surface area contributed by atoms with Gasteiger partial charge in [-0.2, -0.15) is 0 Å². The van der Waals surface area contributed by atoms with Gasteiger partial charge in [0, 0.05) is 17.6 Å². The third kappa shape index (κ3) is 7.91. The Balaban J connectivity index is 2.05. The fraction of sp³-hybridized carbons (Fsp3) is 0.310. The van der Waals surface area contributed by atoms with E-state index in [4.69, 9.17) is 34.8 Å². The topological polar surface area (TPSA) is 86.8 Å². The number of sulfonamides is 1. The van der Waals surface area contributed by atoms with Gasteiger partial charge in [0.1, 0.15) is 12.6 Å². The SMILES string of the molecule is CC[C@@H](C)NC(=O)[C@@H](CC)N(Cc1ccc(Cl)c(Cl)c1)C(=O)CN(c1ccccc1)S(=O)(=O)c1ccc(Cl)cc1. The minimum atomic E-state index is -4.17. The average Bonchev–Trinajstić information content (AvgIpc) is 2.93. The molecule has 0 unspecified atom stereocenters. The molecule has 7 nitrogen and oxygen atoms in total. The van der Waals surface area contributed by atoms with E-state index < -0.39 is 28.5 Å². The van der Waals surface area contributed by atoms with Gasteiger partial charge in [-0.3, -0.25) is 13.9 Å². The van der Waals surface area contributed by atoms with Gasteiger partial charge < -0.3 is 10.2 Å². The first-order valence-electron chi connectivity index (χ1n) is 12.8. The Labute approximate surface area is 251 Å². The fourth-order valence-corrected chi connectivity index (χ4v) is 5.91. The average molecular weight is 625 g/mol. The van der Waals surface area contributed by atoms with E-state index in [2.05, 4.69) is 5.32 Å². The zero-order valence-electron chi connectivity index (χ0n) is 22.5. The van der Waals surface area contributed by atoms with Crippen LogP contribution in [-0.2, 0) is 26.2 Å². The molecular weight excluding hydrogens is 593 g/mol. The highest BCUT2D eigenvalue weighted by atomic mass is 35.5. The maximum absolute atomic E-state index is 14.0. The molecule has 0 aliphatic heterocycles. The highest BCUT2D eigenvalue weighted by molar-refractivity contribution is 7.92. The molecule has 3 aromatic carbocycles. The van der Waals surface area contributed by atoms with Crippen LogP contribution in [0.3, 0.4) is 0 Å². The lowest BCUT2D eigenvalue weighted by Gasteiger charge is -2.33. The van der Waals surface area contributed by atoms with Gasteiger partial charge in [-0.15, -0.1) is 0 Å². The molecule has 0 heterocycles. The fourth-order valence-electron chi connectivity index (χ4n) is 4.05. The Morgan fingerprint density at radius 2 is 1.52 bits per heavy atom. The van der Waals surface area contributed by atoms with E-state index >= 15 is 0 Å². The second-order valence-electron chi connectivity index (χ2n) is 9.31. The van der Waals surface area contributed by atoms with Gasteiger partial charge >= 0.3 is 0 Å². The van der Waals surface area contributed by atoms with Crippen LogP contribution < -0.4 is 9.62 Å². The minimum Gasteiger partial charge on any atom is -0.352 e. The van der Waals surface area contributed by atoms with Crippen molar-refractivity contribution < 1.29 is 18.0 Å². The molecule has 214 valence electrons. The van der Waals surface area contributed by atoms with Crippen molar-refractivity contribution in [1.82, 2.24) is 10.2 Å². The van der Waals surface area contributed by atoms with E-state index in [1.54, 1.807) is 55.5 Å². The number of rotatable bonds is 12. The van der Waals surface area contributed by atoms with Crippen LogP contribution in [0.1, 0.15) is 39.2 Å². The predicted octanol–water partition coefficient (Wildman–Crippen LogP) is 6.56. The van der Waals surface area contributed by atoms with Crippen molar-refractivity contribution in [2.24, 2.45) is 0 Å². The Morgan fingerprint density at radius 3 is 2.10 bits per heavy atom. The highest BCUT2D eigenvalue weighted by Gasteiger charge is 2.34. The molecule has 3 rings (SSSR count). The molecule has 11 heteroatoms. The third-order valence-corrected chi connectivity index (χ3v) is 9.23. The molecule has 0 spiro atoms. The first-order valence-corrected chi connectivity index (χ1v) is 15.4. The number of nitrogens with one attached hydrogen (secondary N) is 1. The summed E-state index contributed by atoms with van der Waals surface area (Å²) < 4.78 is 28.6. The van der Waals surface area contributed by atoms with Crippen LogP contribution in [0.4, 0.5) is 5.69 Å². The number of carbonyl (C=O) groups is 2. The molecule has 2 atom stereocenters. The summed E-state index contributed by atoms with van der Waals surface area (Å²) in [7, 11) is -4.17. The number of hydrogen-bond acceptors (Lipinski definition) is 4. The van der Waals surface area contributed by atoms with Crippen molar-refractivity contribution in [2.75, 3.05) is 10.8 Å². The van der Waals surface area contributed by atoms with E-state index in [0.717, 1.165) is 4.31 Å². The number of hydrogen-bond donors (Lipinski definition) is 1. The molecule has 0 saturated heterocycles. The monoisotopic (exact) mass is 623 g/mol. The molecule has 0 saturated carbocycles. The van der Waals surface area contributed by atoms with E-state index in [-0.39, 0.29) is 23.4 Å². The van der Waals surface area contributed by atoms with Crippen molar-refractivity contribution >= 4 is 62.3 Å². The summed E-state index contributed by atoms with van der Waals surface area (Å²) in [6.07, 6.45) is 1.02. The zero-order chi connectivity index (χ0) is 29.4. The van der Waals surface area contributed by atoms with Gasteiger partial charge in [-0.1, -0.05) is 72.9 Å². The molecule has 0 aromatic heterocycles. The lowest BCUT2D eigenvalue weighted by molar-refractivity contribution is -0.140. The number of anilines is 1. The summed E-state index contributed by atoms with van der Waals surface area (Å²) in [6.45, 7) is 5.11. The van der Waals surface area contributed by atoms with Crippen molar-refractivity contribution in [3.05, 3.63) is 93.4 Å². The predicted molar refractivity (Wildman–Crippen MR) is 161 cm³/mol. The molecule has 40 heavy (non-hydrogen) atoms. The standard InChI is InChI=1S/C29H32Cl3N3O4S/c1-4-20(3)33-29(37)27(5-2)34(18-21-11-16-25(31)26(32)17-21)28(36)19-35(23-9-7-6-8-10-23)40(38,39)24-14-12-22(30)13-15-24/h6-17,20,27H,4-5,18-19H2,1-3H3,(H,33,37)/t20-,27-/m1/s1. The number of para-hydroxylation sites is 1. The summed E-state index contributed by atoms with van der Waals surface area (Å²) in [5.41, 5.74) is 0.946. The quantitative estimate of drug-likeness (QED) is 0.247. The van der Waals surface area contributed by atoms with Gasteiger partial charge in [0.2, 0.25) is 11.8 Å². The van der Waals surface area contributed by atoms with E-state index in [1.165, 1.54) is 29.2 Å². The Kier molecular flexibility index (Phi) is 11.3. The van der Waals surface area contributed by atoms with Crippen molar-refractivity contribution in [3.63, 3.8) is 0 Å². The van der Waals surface area contributed by atoms with Crippen LogP contribution in [0, 0.1) is 0 Å². The Morgan fingerprint density at radius 1 is 0.875 bits per heavy atom. The highest BCUT2D eigenvalue weighted by Crippen LogP contribution is 2.27. The minimum absolute atomic E-state index is 0.0196. The smallest absolute Gasteiger partial charge is 0.264 e. The van der Waals surface area contributed by atoms with Crippen LogP contribution in [0.5, 0.6) is 0 Å². The lowest BCUT2D eigenvalue weighted by atomic mass is 10.1. The van der Waals surface area contributed by atoms with E-state index in [9.17, 15) is 18.0 Å². The zero-order valence-corrected chi connectivity index (χ0v) is 25.6. The number of amides is 2. The van der Waals surface area contributed by atoms with Gasteiger partial charge in [0.15, 0.2) is 0 Å². The maximum atomic E-state index is 14.0. The van der Waals surface area contributed by atoms with Crippen LogP contribution in [0.25, 0.3) is 0 Å². The molecule has 3 aromatic rings. The molecule has 0 fully saturated rings. The van der Waals surface area contributed by atoms with Crippen molar-refractivity contribution in [1.29, 1.82) is 0 Å². The van der Waals surface area contributed by atoms with Crippen LogP contribution in [0.15, 0.2) is 77.7 Å². The lowest BCUT2D eigenvalue weighted by Crippen LogP contribution is -2.53. The second-order valence-corrected chi connectivity index (χ2v) is 12.4. The van der Waals surface area contributed by atoms with E-state index in [0.29, 0.717) is 39.2 Å². The van der Waals surface area contributed by atoms with Gasteiger partial charge in [-0.25, -0.2) is 8.42 Å². The summed E-state index contributed by atoms with van der Waals surface area (Å²) >= 11 is 18.3. The third-order valence-electron chi connectivity index (χ3n) is 6.45. The molecule has 0 aliphatic carbocycles. The molecular formula is C29H32Cl3N3O4S. The Bertz CT molecular complexity index is 1420. The van der Waals surface area contributed by atoms with Crippen molar-refractivity contribution in [3.8, 4) is 0 Å². The number of carbonyl (C=O) groups excluding carboxylic acids is 2. The first kappa shape index (κ1) is 31.7. The molecule has 1 N–H and O–H groups in total. The Hall–Kier alpha value is -2.78. The summed E-state index contributed by atoms with van der Waals surface area (Å²) in [6, 6.07) is 18.1. The van der Waals surface area contributed by atoms with Crippen LogP contribution >= 0.6 is 34.8 Å². The van der Waals surface area contributed by atoms with Crippen molar-refractivity contribution in [2.45, 2.75) is 57.1 Å². The van der Waals surface area contributed by atoms with Crippen LogP contribution in [0.2, 0.25) is 15.1 Å². The van der Waals surface area contributed by atoms with E-state index in [1.807, 2.05) is 13.8 Å². The normalized spacial score (nSPS) is 12.8. The molecule has 0 bridgehead atoms. The molecule has 0 radical (unpaired) electrons. The number of benzene rings is 3.